The van der Waals surface area contributed by atoms with Crippen LogP contribution in [0, 0.1) is 0 Å². The summed E-state index contributed by atoms with van der Waals surface area (Å²) in [5.41, 5.74) is 2.88. The average Bonchev–Trinajstić information content (AvgIpc) is 2.73. The summed E-state index contributed by atoms with van der Waals surface area (Å²) in [5, 5.41) is 3.57. The van der Waals surface area contributed by atoms with Crippen molar-refractivity contribution in [3.8, 4) is 11.8 Å². The number of amides is 1. The van der Waals surface area contributed by atoms with Crippen LogP contribution in [0.1, 0.15) is 48.5 Å². The maximum Gasteiger partial charge on any atom is 0.259 e. The van der Waals surface area contributed by atoms with Crippen molar-refractivity contribution in [2.24, 2.45) is 0 Å². The molecule has 0 aliphatic carbocycles. The lowest BCUT2D eigenvalue weighted by Gasteiger charge is -2.34. The van der Waals surface area contributed by atoms with E-state index in [0.717, 1.165) is 25.1 Å². The fourth-order valence-corrected chi connectivity index (χ4v) is 3.51. The molecule has 1 saturated heterocycles. The first kappa shape index (κ1) is 20.0. The zero-order chi connectivity index (χ0) is 20.1. The molecule has 6 nitrogen and oxygen atoms in total. The summed E-state index contributed by atoms with van der Waals surface area (Å²) in [6.07, 6.45) is 1.99. The first-order chi connectivity index (χ1) is 13.5. The van der Waals surface area contributed by atoms with Gasteiger partial charge in [0, 0.05) is 30.9 Å². The van der Waals surface area contributed by atoms with Crippen LogP contribution < -0.4 is 14.8 Å². The molecule has 1 aromatic heterocycles. The van der Waals surface area contributed by atoms with Crippen molar-refractivity contribution in [3.05, 3.63) is 47.5 Å². The maximum atomic E-state index is 13.0. The second-order valence-electron chi connectivity index (χ2n) is 7.42. The predicted molar refractivity (Wildman–Crippen MR) is 110 cm³/mol. The Kier molecular flexibility index (Phi) is 6.39. The third-order valence-electron chi connectivity index (χ3n) is 5.12. The van der Waals surface area contributed by atoms with Crippen molar-refractivity contribution in [3.63, 3.8) is 0 Å². The van der Waals surface area contributed by atoms with E-state index >= 15 is 0 Å². The van der Waals surface area contributed by atoms with E-state index < -0.39 is 0 Å². The molecule has 1 fully saturated rings. The number of hydrogen-bond donors (Lipinski definition) is 1. The molecule has 28 heavy (non-hydrogen) atoms. The van der Waals surface area contributed by atoms with Gasteiger partial charge in [-0.25, -0.2) is 0 Å². The van der Waals surface area contributed by atoms with Gasteiger partial charge in [0.1, 0.15) is 5.56 Å². The number of likely N-dealkylation sites (tertiary alicyclic amines) is 1. The molecule has 0 radical (unpaired) electrons. The minimum Gasteiger partial charge on any atom is -0.481 e. The van der Waals surface area contributed by atoms with Crippen molar-refractivity contribution in [2.45, 2.75) is 38.6 Å². The van der Waals surface area contributed by atoms with Gasteiger partial charge in [-0.1, -0.05) is 26.0 Å². The summed E-state index contributed by atoms with van der Waals surface area (Å²) in [7, 11) is 3.05. The molecule has 1 aliphatic heterocycles. The number of rotatable bonds is 6. The van der Waals surface area contributed by atoms with Crippen molar-refractivity contribution in [1.29, 1.82) is 0 Å². The Hall–Kier alpha value is -2.76. The van der Waals surface area contributed by atoms with Crippen LogP contribution in [0.15, 0.2) is 36.4 Å². The molecular weight excluding hydrogens is 354 g/mol. The number of ether oxygens (including phenoxy) is 2. The Balaban J connectivity index is 1.68. The number of benzene rings is 1. The Bertz CT molecular complexity index is 805. The molecule has 1 aromatic carbocycles. The van der Waals surface area contributed by atoms with Crippen LogP contribution >= 0.6 is 0 Å². The highest BCUT2D eigenvalue weighted by Crippen LogP contribution is 2.24. The quantitative estimate of drug-likeness (QED) is 0.819. The zero-order valence-corrected chi connectivity index (χ0v) is 17.1. The number of hydrogen-bond acceptors (Lipinski definition) is 5. The number of aromatic nitrogens is 1. The summed E-state index contributed by atoms with van der Waals surface area (Å²) in [4.78, 5) is 19.1. The Morgan fingerprint density at radius 1 is 1.14 bits per heavy atom. The molecule has 0 saturated carbocycles. The molecular formula is C22H29N3O3. The maximum absolute atomic E-state index is 13.0. The number of nitrogens with one attached hydrogen (secondary N) is 1. The van der Waals surface area contributed by atoms with Gasteiger partial charge in [-0.05, 0) is 42.5 Å². The number of methoxy groups -OCH3 is 2. The number of carbonyl (C=O) groups is 1. The number of nitrogens with zero attached hydrogens (tertiary/aromatic N) is 2. The van der Waals surface area contributed by atoms with Crippen LogP contribution in [0.4, 0.5) is 5.69 Å². The minimum atomic E-state index is -0.0614. The van der Waals surface area contributed by atoms with E-state index in [0.29, 0.717) is 29.8 Å². The molecule has 6 heteroatoms. The predicted octanol–water partition coefficient (Wildman–Crippen LogP) is 3.94. The zero-order valence-electron chi connectivity index (χ0n) is 17.1. The highest BCUT2D eigenvalue weighted by molar-refractivity contribution is 5.96. The second kappa shape index (κ2) is 8.95. The summed E-state index contributed by atoms with van der Waals surface area (Å²) in [5.74, 6) is 1.18. The van der Waals surface area contributed by atoms with Gasteiger partial charge < -0.3 is 19.7 Å². The van der Waals surface area contributed by atoms with Gasteiger partial charge in [0.25, 0.3) is 5.91 Å². The van der Waals surface area contributed by atoms with Gasteiger partial charge in [0.15, 0.2) is 0 Å². The van der Waals surface area contributed by atoms with Gasteiger partial charge in [-0.3, -0.25) is 4.79 Å². The molecule has 2 aromatic rings. The molecule has 150 valence electrons. The van der Waals surface area contributed by atoms with Crippen LogP contribution in [-0.4, -0.2) is 49.1 Å². The largest absolute Gasteiger partial charge is 0.481 e. The van der Waals surface area contributed by atoms with Crippen LogP contribution in [0.2, 0.25) is 0 Å². The third-order valence-corrected chi connectivity index (χ3v) is 5.12. The third kappa shape index (κ3) is 4.55. The summed E-state index contributed by atoms with van der Waals surface area (Å²) < 4.78 is 10.4. The van der Waals surface area contributed by atoms with Gasteiger partial charge in [0.2, 0.25) is 11.8 Å². The summed E-state index contributed by atoms with van der Waals surface area (Å²) in [6.45, 7) is 5.77. The lowest BCUT2D eigenvalue weighted by Crippen LogP contribution is -2.45. The Labute approximate surface area is 166 Å². The average molecular weight is 383 g/mol. The highest BCUT2D eigenvalue weighted by atomic mass is 16.5. The van der Waals surface area contributed by atoms with E-state index in [1.165, 1.54) is 19.8 Å². The van der Waals surface area contributed by atoms with Crippen LogP contribution in [0.5, 0.6) is 11.8 Å². The molecule has 2 heterocycles. The molecule has 1 aliphatic rings. The van der Waals surface area contributed by atoms with E-state index in [9.17, 15) is 4.79 Å². The topological polar surface area (TPSA) is 63.7 Å². The van der Waals surface area contributed by atoms with Crippen LogP contribution in [0.3, 0.4) is 0 Å². The number of carbonyl (C=O) groups excluding carboxylic acids is 1. The molecule has 1 amide bonds. The highest BCUT2D eigenvalue weighted by Gasteiger charge is 2.27. The van der Waals surface area contributed by atoms with Gasteiger partial charge in [0.05, 0.1) is 14.2 Å². The first-order valence-corrected chi connectivity index (χ1v) is 9.76. The van der Waals surface area contributed by atoms with Crippen LogP contribution in [0.25, 0.3) is 0 Å². The van der Waals surface area contributed by atoms with Crippen molar-refractivity contribution in [1.82, 2.24) is 9.88 Å². The fraction of sp³-hybridized carbons (Fsp3) is 0.455. The molecule has 0 bridgehead atoms. The first-order valence-electron chi connectivity index (χ1n) is 9.76. The minimum absolute atomic E-state index is 0.0614. The lowest BCUT2D eigenvalue weighted by atomic mass is 10.0. The normalized spacial score (nSPS) is 16.8. The van der Waals surface area contributed by atoms with Crippen LogP contribution in [-0.2, 0) is 0 Å². The monoisotopic (exact) mass is 383 g/mol. The number of pyridine rings is 1. The van der Waals surface area contributed by atoms with E-state index in [2.05, 4.69) is 48.4 Å². The van der Waals surface area contributed by atoms with E-state index in [-0.39, 0.29) is 11.9 Å². The lowest BCUT2D eigenvalue weighted by molar-refractivity contribution is 0.0710. The molecule has 1 N–H and O–H groups in total. The Morgan fingerprint density at radius 3 is 2.54 bits per heavy atom. The molecule has 0 unspecified atom stereocenters. The van der Waals surface area contributed by atoms with Crippen molar-refractivity contribution in [2.75, 3.05) is 32.6 Å². The molecule has 0 spiro atoms. The van der Waals surface area contributed by atoms with Gasteiger partial charge in [-0.2, -0.15) is 4.98 Å². The van der Waals surface area contributed by atoms with Gasteiger partial charge >= 0.3 is 0 Å². The summed E-state index contributed by atoms with van der Waals surface area (Å²) >= 11 is 0. The SMILES string of the molecule is COc1ccc(C(=O)N2CCC[C@@H](Nc3ccc(C(C)C)cc3)C2)c(OC)n1. The smallest absolute Gasteiger partial charge is 0.259 e. The van der Waals surface area contributed by atoms with E-state index in [1.54, 1.807) is 12.1 Å². The Morgan fingerprint density at radius 2 is 1.89 bits per heavy atom. The van der Waals surface area contributed by atoms with Gasteiger partial charge in [-0.15, -0.1) is 0 Å². The molecule has 3 rings (SSSR count). The molecule has 1 atom stereocenters. The second-order valence-corrected chi connectivity index (χ2v) is 7.42. The summed E-state index contributed by atoms with van der Waals surface area (Å²) in [6, 6.07) is 12.2. The van der Waals surface area contributed by atoms with Crippen molar-refractivity contribution < 1.29 is 14.3 Å². The standard InChI is InChI=1S/C22H29N3O3/c1-15(2)16-7-9-17(10-8-16)23-18-6-5-13-25(14-18)22(26)19-11-12-20(27-3)24-21(19)28-4/h7-12,15,18,23H,5-6,13-14H2,1-4H3/t18-/m1/s1. The van der Waals surface area contributed by atoms with E-state index in [4.69, 9.17) is 9.47 Å². The number of piperidine rings is 1. The van der Waals surface area contributed by atoms with E-state index in [1.807, 2.05) is 4.90 Å². The van der Waals surface area contributed by atoms with Crippen molar-refractivity contribution >= 4 is 11.6 Å². The fourth-order valence-electron chi connectivity index (χ4n) is 3.51. The number of anilines is 1.